The summed E-state index contributed by atoms with van der Waals surface area (Å²) in [7, 11) is 0. The van der Waals surface area contributed by atoms with Crippen molar-refractivity contribution < 1.29 is 14.4 Å². The zero-order chi connectivity index (χ0) is 21.8. The summed E-state index contributed by atoms with van der Waals surface area (Å²) in [5.41, 5.74) is 3.91. The Morgan fingerprint density at radius 1 is 0.967 bits per heavy atom. The van der Waals surface area contributed by atoms with Gasteiger partial charge in [0.05, 0.1) is 0 Å². The van der Waals surface area contributed by atoms with Gasteiger partial charge in [-0.15, -0.1) is 0 Å². The molecule has 30 heavy (non-hydrogen) atoms. The molecule has 0 unspecified atom stereocenters. The molecule has 2 aromatic rings. The maximum atomic E-state index is 13.0. The first-order valence-corrected chi connectivity index (χ1v) is 10.4. The third-order valence-corrected chi connectivity index (χ3v) is 5.39. The van der Waals surface area contributed by atoms with Crippen LogP contribution in [-0.4, -0.2) is 46.8 Å². The third kappa shape index (κ3) is 4.53. The molecule has 1 aliphatic heterocycles. The summed E-state index contributed by atoms with van der Waals surface area (Å²) in [6, 6.07) is 14.4. The summed E-state index contributed by atoms with van der Waals surface area (Å²) in [6.07, 6.45) is 0.797. The lowest BCUT2D eigenvalue weighted by Gasteiger charge is -2.25. The normalized spacial score (nSPS) is 16.3. The highest BCUT2D eigenvalue weighted by Gasteiger charge is 2.44. The molecule has 0 radical (unpaired) electrons. The van der Waals surface area contributed by atoms with Gasteiger partial charge in [0.1, 0.15) is 12.6 Å². The molecule has 0 bridgehead atoms. The van der Waals surface area contributed by atoms with Crippen LogP contribution < -0.4 is 4.90 Å². The molecule has 0 aromatic heterocycles. The number of amides is 4. The Morgan fingerprint density at radius 3 is 2.10 bits per heavy atom. The van der Waals surface area contributed by atoms with E-state index in [1.807, 2.05) is 69.3 Å². The van der Waals surface area contributed by atoms with Gasteiger partial charge in [-0.1, -0.05) is 54.4 Å². The van der Waals surface area contributed by atoms with Gasteiger partial charge in [0.25, 0.3) is 5.91 Å². The predicted molar refractivity (Wildman–Crippen MR) is 117 cm³/mol. The Balaban J connectivity index is 1.74. The molecule has 1 atom stereocenters. The number of anilines is 1. The average Bonchev–Trinajstić information content (AvgIpc) is 2.93. The molecular formula is C24H29N3O3. The second-order valence-electron chi connectivity index (χ2n) is 7.89. The van der Waals surface area contributed by atoms with E-state index >= 15 is 0 Å². The van der Waals surface area contributed by atoms with E-state index in [2.05, 4.69) is 0 Å². The number of hydrogen-bond acceptors (Lipinski definition) is 3. The van der Waals surface area contributed by atoms with Gasteiger partial charge in [0.2, 0.25) is 5.91 Å². The molecule has 4 amide bonds. The van der Waals surface area contributed by atoms with E-state index in [4.69, 9.17) is 0 Å². The number of carbonyl (C=O) groups excluding carboxylic acids is 3. The summed E-state index contributed by atoms with van der Waals surface area (Å²) in [6.45, 7) is 8.47. The molecule has 3 rings (SSSR count). The van der Waals surface area contributed by atoms with Gasteiger partial charge in [-0.25, -0.2) is 4.79 Å². The lowest BCUT2D eigenvalue weighted by molar-refractivity contribution is -0.137. The second kappa shape index (κ2) is 9.11. The molecule has 0 saturated carbocycles. The highest BCUT2D eigenvalue weighted by molar-refractivity contribution is 6.15. The van der Waals surface area contributed by atoms with Gasteiger partial charge in [-0.2, -0.15) is 0 Å². The van der Waals surface area contributed by atoms with Crippen molar-refractivity contribution in [3.63, 3.8) is 0 Å². The molecule has 158 valence electrons. The van der Waals surface area contributed by atoms with E-state index in [1.54, 1.807) is 11.8 Å². The van der Waals surface area contributed by atoms with Crippen LogP contribution in [0.4, 0.5) is 10.5 Å². The number of imide groups is 1. The monoisotopic (exact) mass is 407 g/mol. The standard InChI is InChI=1S/C24H29N3O3/c1-5-14-25(15-20-10-6-17(2)7-11-20)22(28)16-26-23(29)19(4)27(24(26)30)21-12-8-18(3)9-13-21/h6-13,19H,5,14-16H2,1-4H3/t19-/m1/s1. The summed E-state index contributed by atoms with van der Waals surface area (Å²) in [5.74, 6) is -0.571. The van der Waals surface area contributed by atoms with E-state index in [-0.39, 0.29) is 18.4 Å². The van der Waals surface area contributed by atoms with Gasteiger partial charge >= 0.3 is 6.03 Å². The summed E-state index contributed by atoms with van der Waals surface area (Å²) in [4.78, 5) is 43.0. The van der Waals surface area contributed by atoms with E-state index < -0.39 is 12.1 Å². The molecular weight excluding hydrogens is 378 g/mol. The SMILES string of the molecule is CCCN(Cc1ccc(C)cc1)C(=O)CN1C(=O)[C@@H](C)N(c2ccc(C)cc2)C1=O. The van der Waals surface area contributed by atoms with Crippen LogP contribution in [0.3, 0.4) is 0 Å². The van der Waals surface area contributed by atoms with Crippen molar-refractivity contribution in [2.75, 3.05) is 18.0 Å². The van der Waals surface area contributed by atoms with Gasteiger partial charge in [-0.3, -0.25) is 19.4 Å². The fourth-order valence-corrected chi connectivity index (χ4v) is 3.62. The third-order valence-electron chi connectivity index (χ3n) is 5.39. The zero-order valence-electron chi connectivity index (χ0n) is 18.1. The van der Waals surface area contributed by atoms with Gasteiger partial charge in [0.15, 0.2) is 0 Å². The molecule has 1 aliphatic rings. The Hall–Kier alpha value is -3.15. The highest BCUT2D eigenvalue weighted by Crippen LogP contribution is 2.26. The number of hydrogen-bond donors (Lipinski definition) is 0. The number of benzene rings is 2. The smallest absolute Gasteiger partial charge is 0.332 e. The zero-order valence-corrected chi connectivity index (χ0v) is 18.1. The first-order chi connectivity index (χ1) is 14.3. The maximum Gasteiger partial charge on any atom is 0.332 e. The van der Waals surface area contributed by atoms with Crippen LogP contribution in [-0.2, 0) is 16.1 Å². The maximum absolute atomic E-state index is 13.0. The topological polar surface area (TPSA) is 60.9 Å². The molecule has 0 spiro atoms. The predicted octanol–water partition coefficient (Wildman–Crippen LogP) is 3.90. The minimum Gasteiger partial charge on any atom is -0.337 e. The number of carbonyl (C=O) groups is 3. The number of nitrogens with zero attached hydrogens (tertiary/aromatic N) is 3. The Morgan fingerprint density at radius 2 is 1.53 bits per heavy atom. The van der Waals surface area contributed by atoms with E-state index in [1.165, 1.54) is 4.90 Å². The van der Waals surface area contributed by atoms with Crippen molar-refractivity contribution in [2.45, 2.75) is 46.7 Å². The lowest BCUT2D eigenvalue weighted by atomic mass is 10.1. The van der Waals surface area contributed by atoms with Crippen LogP contribution in [0, 0.1) is 13.8 Å². The first kappa shape index (κ1) is 21.6. The number of urea groups is 1. The molecule has 0 aliphatic carbocycles. The number of aryl methyl sites for hydroxylation is 2. The van der Waals surface area contributed by atoms with Crippen molar-refractivity contribution in [1.82, 2.24) is 9.80 Å². The summed E-state index contributed by atoms with van der Waals surface area (Å²) in [5, 5.41) is 0. The van der Waals surface area contributed by atoms with Crippen molar-refractivity contribution >= 4 is 23.5 Å². The lowest BCUT2D eigenvalue weighted by Crippen LogP contribution is -2.43. The van der Waals surface area contributed by atoms with Crippen LogP contribution in [0.15, 0.2) is 48.5 Å². The van der Waals surface area contributed by atoms with Crippen LogP contribution in [0.25, 0.3) is 0 Å². The minimum absolute atomic E-state index is 0.225. The molecule has 0 N–H and O–H groups in total. The Kier molecular flexibility index (Phi) is 6.55. The molecule has 1 heterocycles. The van der Waals surface area contributed by atoms with E-state index in [0.29, 0.717) is 18.8 Å². The number of rotatable bonds is 7. The van der Waals surface area contributed by atoms with Crippen molar-refractivity contribution in [3.8, 4) is 0 Å². The van der Waals surface area contributed by atoms with Crippen LogP contribution in [0.2, 0.25) is 0 Å². The molecule has 1 saturated heterocycles. The molecule has 6 heteroatoms. The van der Waals surface area contributed by atoms with Crippen LogP contribution in [0.1, 0.15) is 37.0 Å². The quantitative estimate of drug-likeness (QED) is 0.654. The van der Waals surface area contributed by atoms with Crippen molar-refractivity contribution in [2.24, 2.45) is 0 Å². The minimum atomic E-state index is -0.635. The molecule has 6 nitrogen and oxygen atoms in total. The largest absolute Gasteiger partial charge is 0.337 e. The van der Waals surface area contributed by atoms with Gasteiger partial charge in [-0.05, 0) is 44.9 Å². The molecule has 2 aromatic carbocycles. The van der Waals surface area contributed by atoms with Gasteiger partial charge in [0, 0.05) is 18.8 Å². The average molecular weight is 408 g/mol. The van der Waals surface area contributed by atoms with Crippen LogP contribution in [0.5, 0.6) is 0 Å². The van der Waals surface area contributed by atoms with Crippen molar-refractivity contribution in [1.29, 1.82) is 0 Å². The fourth-order valence-electron chi connectivity index (χ4n) is 3.62. The van der Waals surface area contributed by atoms with Crippen molar-refractivity contribution in [3.05, 3.63) is 65.2 Å². The van der Waals surface area contributed by atoms with E-state index in [9.17, 15) is 14.4 Å². The highest BCUT2D eigenvalue weighted by atomic mass is 16.2. The fraction of sp³-hybridized carbons (Fsp3) is 0.375. The molecule has 1 fully saturated rings. The van der Waals surface area contributed by atoms with E-state index in [0.717, 1.165) is 28.0 Å². The summed E-state index contributed by atoms with van der Waals surface area (Å²) >= 11 is 0. The summed E-state index contributed by atoms with van der Waals surface area (Å²) < 4.78 is 0. The first-order valence-electron chi connectivity index (χ1n) is 10.4. The van der Waals surface area contributed by atoms with Gasteiger partial charge < -0.3 is 4.90 Å². The Labute approximate surface area is 178 Å². The Bertz CT molecular complexity index is 922. The van der Waals surface area contributed by atoms with Crippen LogP contribution >= 0.6 is 0 Å². The second-order valence-corrected chi connectivity index (χ2v) is 7.89.